The molecule has 2 nitrogen and oxygen atoms in total. The zero-order chi connectivity index (χ0) is 15.8. The van der Waals surface area contributed by atoms with Crippen LogP contribution in [0.4, 0.5) is 25.1 Å². The van der Waals surface area contributed by atoms with Gasteiger partial charge in [-0.05, 0) is 36.4 Å². The van der Waals surface area contributed by atoms with Gasteiger partial charge in [-0.25, -0.2) is 0 Å². The molecule has 2 rings (SSSR count). The summed E-state index contributed by atoms with van der Waals surface area (Å²) in [7, 11) is -9.68. The average molecular weight is 323 g/mol. The van der Waals surface area contributed by atoms with Gasteiger partial charge in [0.2, 0.25) is 0 Å². The smallest absolute Gasteiger partial charge is 0.310 e. The summed E-state index contributed by atoms with van der Waals surface area (Å²) in [6.45, 7) is 0. The lowest BCUT2D eigenvalue weighted by Crippen LogP contribution is -2.12. The maximum absolute atomic E-state index is 12.5. The van der Waals surface area contributed by atoms with Crippen molar-refractivity contribution in [2.24, 2.45) is 0 Å². The fourth-order valence-corrected chi connectivity index (χ4v) is 2.24. The fourth-order valence-electron chi connectivity index (χ4n) is 1.59. The lowest BCUT2D eigenvalue weighted by atomic mass is 10.2. The van der Waals surface area contributed by atoms with Crippen LogP contribution in [-0.4, -0.2) is 5.91 Å². The third-order valence-electron chi connectivity index (χ3n) is 2.59. The molecule has 114 valence electrons. The summed E-state index contributed by atoms with van der Waals surface area (Å²) in [5.41, 5.74) is 0.295. The number of hydrogen-bond acceptors (Lipinski definition) is 1. The Labute approximate surface area is 117 Å². The molecule has 0 heterocycles. The van der Waals surface area contributed by atoms with E-state index in [0.29, 0.717) is 5.56 Å². The lowest BCUT2D eigenvalue weighted by Gasteiger charge is -2.40. The van der Waals surface area contributed by atoms with Crippen LogP contribution in [-0.2, 0) is 0 Å². The highest BCUT2D eigenvalue weighted by Gasteiger charge is 2.65. The molecule has 0 fully saturated rings. The minimum Gasteiger partial charge on any atom is -0.322 e. The third kappa shape index (κ3) is 3.94. The second-order valence-electron chi connectivity index (χ2n) is 4.31. The molecule has 0 unspecified atom stereocenters. The minimum atomic E-state index is -9.68. The highest BCUT2D eigenvalue weighted by atomic mass is 32.5. The molecular weight excluding hydrogens is 313 g/mol. The van der Waals surface area contributed by atoms with Crippen LogP contribution in [0.3, 0.4) is 0 Å². The summed E-state index contributed by atoms with van der Waals surface area (Å²) in [4.78, 5) is 9.76. The van der Waals surface area contributed by atoms with Crippen molar-refractivity contribution < 1.29 is 24.2 Å². The molecule has 0 saturated heterocycles. The van der Waals surface area contributed by atoms with E-state index in [2.05, 4.69) is 5.32 Å². The van der Waals surface area contributed by atoms with Crippen molar-refractivity contribution >= 4 is 21.8 Å². The Bertz CT molecular complexity index is 667. The van der Waals surface area contributed by atoms with Crippen molar-refractivity contribution in [3.05, 3.63) is 60.2 Å². The standard InChI is InChI=1S/C13H10F5NOS/c14-21(15,16,17,18)12-8-6-11(7-9-12)19-13(20)10-4-2-1-3-5-10/h1-9H,(H,19,20). The lowest BCUT2D eigenvalue weighted by molar-refractivity contribution is 0.102. The Hall–Kier alpha value is -2.09. The molecule has 0 aliphatic carbocycles. The van der Waals surface area contributed by atoms with Crippen LogP contribution in [0.25, 0.3) is 0 Å². The monoisotopic (exact) mass is 323 g/mol. The summed E-state index contributed by atoms with van der Waals surface area (Å²) in [5, 5.41) is 2.32. The molecule has 21 heavy (non-hydrogen) atoms. The van der Waals surface area contributed by atoms with Crippen molar-refractivity contribution in [2.45, 2.75) is 4.90 Å². The second-order valence-corrected chi connectivity index (χ2v) is 6.72. The van der Waals surface area contributed by atoms with Gasteiger partial charge in [0, 0.05) is 11.3 Å². The average Bonchev–Trinajstić information content (AvgIpc) is 2.37. The molecule has 1 amide bonds. The molecule has 2 aromatic carbocycles. The first-order chi connectivity index (χ1) is 9.45. The second kappa shape index (κ2) is 4.20. The first-order valence-electron chi connectivity index (χ1n) is 5.66. The van der Waals surface area contributed by atoms with Crippen LogP contribution in [0.15, 0.2) is 59.5 Å². The van der Waals surface area contributed by atoms with E-state index in [-0.39, 0.29) is 17.8 Å². The van der Waals surface area contributed by atoms with E-state index in [1.807, 2.05) is 0 Å². The number of benzene rings is 2. The van der Waals surface area contributed by atoms with E-state index in [1.54, 1.807) is 18.2 Å². The van der Waals surface area contributed by atoms with E-state index >= 15 is 0 Å². The molecule has 1 N–H and O–H groups in total. The van der Waals surface area contributed by atoms with Gasteiger partial charge in [0.05, 0.1) is 0 Å². The summed E-state index contributed by atoms with van der Waals surface area (Å²) in [5.74, 6) is -0.546. The van der Waals surface area contributed by atoms with Gasteiger partial charge in [-0.1, -0.05) is 37.6 Å². The van der Waals surface area contributed by atoms with Gasteiger partial charge in [0.25, 0.3) is 5.91 Å². The van der Waals surface area contributed by atoms with E-state index < -0.39 is 21.0 Å². The number of anilines is 1. The molecule has 0 radical (unpaired) electrons. The molecule has 0 bridgehead atoms. The van der Waals surface area contributed by atoms with Crippen molar-refractivity contribution in [3.8, 4) is 0 Å². The van der Waals surface area contributed by atoms with Crippen LogP contribution in [0.1, 0.15) is 10.4 Å². The zero-order valence-electron chi connectivity index (χ0n) is 10.4. The van der Waals surface area contributed by atoms with Crippen LogP contribution >= 0.6 is 10.2 Å². The first-order valence-corrected chi connectivity index (χ1v) is 7.61. The highest BCUT2D eigenvalue weighted by molar-refractivity contribution is 8.45. The Morgan fingerprint density at radius 1 is 0.810 bits per heavy atom. The van der Waals surface area contributed by atoms with Gasteiger partial charge in [0.1, 0.15) is 4.90 Å². The van der Waals surface area contributed by atoms with E-state index in [4.69, 9.17) is 0 Å². The van der Waals surface area contributed by atoms with Crippen LogP contribution in [0.2, 0.25) is 0 Å². The number of halogens is 5. The maximum atomic E-state index is 12.5. The summed E-state index contributed by atoms with van der Waals surface area (Å²) in [6.07, 6.45) is 0. The van der Waals surface area contributed by atoms with Gasteiger partial charge in [-0.2, -0.15) is 0 Å². The van der Waals surface area contributed by atoms with E-state index in [0.717, 1.165) is 12.1 Å². The minimum absolute atomic E-state index is 0.00514. The van der Waals surface area contributed by atoms with Crippen molar-refractivity contribution in [2.75, 3.05) is 5.32 Å². The van der Waals surface area contributed by atoms with Crippen LogP contribution < -0.4 is 5.32 Å². The number of amides is 1. The molecule has 0 saturated carbocycles. The van der Waals surface area contributed by atoms with Gasteiger partial charge in [-0.3, -0.25) is 4.79 Å². The molecule has 8 heteroatoms. The number of carbonyl (C=O) groups is 1. The van der Waals surface area contributed by atoms with Gasteiger partial charge < -0.3 is 5.32 Å². The Morgan fingerprint density at radius 3 is 1.81 bits per heavy atom. The topological polar surface area (TPSA) is 29.1 Å². The van der Waals surface area contributed by atoms with Crippen LogP contribution in [0.5, 0.6) is 0 Å². The number of hydrogen-bond donors (Lipinski definition) is 1. The predicted molar refractivity (Wildman–Crippen MR) is 72.2 cm³/mol. The summed E-state index contributed by atoms with van der Waals surface area (Å²) < 4.78 is 62.6. The molecule has 0 spiro atoms. The van der Waals surface area contributed by atoms with Crippen molar-refractivity contribution in [3.63, 3.8) is 0 Å². The first kappa shape index (κ1) is 15.3. The number of rotatable bonds is 3. The Morgan fingerprint density at radius 2 is 1.33 bits per heavy atom. The number of nitrogens with one attached hydrogen (secondary N) is 1. The van der Waals surface area contributed by atoms with Crippen molar-refractivity contribution in [1.82, 2.24) is 0 Å². The molecule has 0 aliphatic heterocycles. The Balaban J connectivity index is 2.20. The number of carbonyl (C=O) groups excluding carboxylic acids is 1. The quantitative estimate of drug-likeness (QED) is 0.732. The molecule has 0 aromatic heterocycles. The van der Waals surface area contributed by atoms with E-state index in [9.17, 15) is 24.2 Å². The van der Waals surface area contributed by atoms with Gasteiger partial charge in [-0.15, -0.1) is 0 Å². The maximum Gasteiger partial charge on any atom is 0.310 e. The van der Waals surface area contributed by atoms with Crippen LogP contribution in [0, 0.1) is 0 Å². The van der Waals surface area contributed by atoms with Crippen molar-refractivity contribution in [1.29, 1.82) is 0 Å². The van der Waals surface area contributed by atoms with E-state index in [1.165, 1.54) is 12.1 Å². The molecule has 0 aliphatic rings. The SMILES string of the molecule is O=C(Nc1ccc(S(F)(F)(F)(F)F)cc1)c1ccccc1. The Kier molecular flexibility index (Phi) is 3.06. The molecular formula is C13H10F5NOS. The largest absolute Gasteiger partial charge is 0.322 e. The van der Waals surface area contributed by atoms with Gasteiger partial charge >= 0.3 is 10.2 Å². The highest BCUT2D eigenvalue weighted by Crippen LogP contribution is 3.02. The fraction of sp³-hybridized carbons (Fsp3) is 0. The normalized spacial score (nSPS) is 14.9. The summed E-state index contributed by atoms with van der Waals surface area (Å²) >= 11 is 0. The van der Waals surface area contributed by atoms with Gasteiger partial charge in [0.15, 0.2) is 0 Å². The summed E-state index contributed by atoms with van der Waals surface area (Å²) in [6, 6.07) is 10.0. The molecule has 2 aromatic rings. The predicted octanol–water partition coefficient (Wildman–Crippen LogP) is 5.60. The third-order valence-corrected chi connectivity index (χ3v) is 3.76. The molecule has 0 atom stereocenters. The zero-order valence-corrected chi connectivity index (χ0v) is 11.2.